The van der Waals surface area contributed by atoms with Gasteiger partial charge >= 0.3 is 6.09 Å². The second-order valence-electron chi connectivity index (χ2n) is 9.02. The van der Waals surface area contributed by atoms with Gasteiger partial charge < -0.3 is 21.1 Å². The largest absolute Gasteiger partial charge is 0.446 e. The molecule has 31 heavy (non-hydrogen) atoms. The van der Waals surface area contributed by atoms with Crippen LogP contribution in [0.3, 0.4) is 0 Å². The summed E-state index contributed by atoms with van der Waals surface area (Å²) in [6.07, 6.45) is 7.75. The van der Waals surface area contributed by atoms with Gasteiger partial charge in [0, 0.05) is 41.7 Å². The van der Waals surface area contributed by atoms with Gasteiger partial charge in [0.2, 0.25) is 0 Å². The highest BCUT2D eigenvalue weighted by atomic mass is 16.6. The number of ether oxygens (including phenoxy) is 1. The number of H-pyrrole nitrogens is 1. The lowest BCUT2D eigenvalue weighted by Gasteiger charge is -2.16. The van der Waals surface area contributed by atoms with Crippen LogP contribution in [0.15, 0.2) is 24.5 Å². The molecule has 0 saturated heterocycles. The molecule has 0 aromatic carbocycles. The van der Waals surface area contributed by atoms with Gasteiger partial charge in [0.05, 0.1) is 5.69 Å². The van der Waals surface area contributed by atoms with E-state index in [1.54, 1.807) is 16.9 Å². The monoisotopic (exact) mass is 424 g/mol. The lowest BCUT2D eigenvalue weighted by molar-refractivity contribution is 0.0967. The normalized spacial score (nSPS) is 22.9. The number of amides is 1. The molecule has 0 bridgehead atoms. The minimum absolute atomic E-state index is 0.0611. The Balaban J connectivity index is 1.23. The average molecular weight is 425 g/mol. The number of carbonyl (C=O) groups is 1. The summed E-state index contributed by atoms with van der Waals surface area (Å²) in [6, 6.07) is 3.77. The maximum Gasteiger partial charge on any atom is 0.407 e. The number of alkyl carbamates (subject to hydrolysis) is 1. The van der Waals surface area contributed by atoms with E-state index in [1.165, 1.54) is 0 Å². The molecule has 2 saturated carbocycles. The van der Waals surface area contributed by atoms with Crippen LogP contribution in [0, 0.1) is 0 Å². The molecule has 3 aromatic rings. The Morgan fingerprint density at radius 2 is 2.23 bits per heavy atom. The number of rotatable bonds is 6. The van der Waals surface area contributed by atoms with Gasteiger partial charge in [0.15, 0.2) is 11.6 Å². The van der Waals surface area contributed by atoms with Crippen LogP contribution in [-0.4, -0.2) is 42.5 Å². The fraction of sp³-hybridized carbons (Fsp3) is 0.524. The Morgan fingerprint density at radius 1 is 1.39 bits per heavy atom. The number of anilines is 2. The van der Waals surface area contributed by atoms with E-state index in [1.807, 2.05) is 26.0 Å². The molecule has 10 heteroatoms. The van der Waals surface area contributed by atoms with Gasteiger partial charge in [-0.3, -0.25) is 5.10 Å². The van der Waals surface area contributed by atoms with Gasteiger partial charge in [-0.2, -0.15) is 10.2 Å². The van der Waals surface area contributed by atoms with Crippen molar-refractivity contribution < 1.29 is 9.53 Å². The van der Waals surface area contributed by atoms with Crippen molar-refractivity contribution in [1.29, 1.82) is 0 Å². The number of hydrogen-bond acceptors (Lipinski definition) is 7. The van der Waals surface area contributed by atoms with Gasteiger partial charge in [-0.1, -0.05) is 0 Å². The van der Waals surface area contributed by atoms with Gasteiger partial charge in [-0.25, -0.2) is 14.3 Å². The highest BCUT2D eigenvalue weighted by Crippen LogP contribution is 2.37. The summed E-state index contributed by atoms with van der Waals surface area (Å²) in [7, 11) is 0. The Bertz CT molecular complexity index is 1100. The van der Waals surface area contributed by atoms with Crippen molar-refractivity contribution in [3.05, 3.63) is 35.9 Å². The molecule has 0 radical (unpaired) electrons. The topological polar surface area (TPSA) is 135 Å². The molecule has 2 fully saturated rings. The zero-order valence-corrected chi connectivity index (χ0v) is 17.8. The van der Waals surface area contributed by atoms with Crippen LogP contribution in [0.25, 0.3) is 5.52 Å². The Kier molecular flexibility index (Phi) is 4.81. The van der Waals surface area contributed by atoms with Crippen molar-refractivity contribution in [1.82, 2.24) is 30.1 Å². The predicted molar refractivity (Wildman–Crippen MR) is 115 cm³/mol. The first-order valence-electron chi connectivity index (χ1n) is 10.8. The molecule has 2 aliphatic rings. The fourth-order valence-electron chi connectivity index (χ4n) is 4.06. The zero-order valence-electron chi connectivity index (χ0n) is 17.8. The molecular formula is C21H28N8O2. The third-order valence-electron chi connectivity index (χ3n) is 6.22. The van der Waals surface area contributed by atoms with Crippen molar-refractivity contribution >= 4 is 23.2 Å². The number of carbonyl (C=O) groups excluding carboxylic acids is 1. The van der Waals surface area contributed by atoms with Crippen molar-refractivity contribution in [2.24, 2.45) is 5.73 Å². The molecule has 3 atom stereocenters. The third kappa shape index (κ3) is 4.20. The number of nitrogens with zero attached hydrogens (tertiary/aromatic N) is 4. The smallest absolute Gasteiger partial charge is 0.407 e. The van der Waals surface area contributed by atoms with Crippen LogP contribution in [-0.2, 0) is 4.74 Å². The van der Waals surface area contributed by atoms with E-state index in [0.29, 0.717) is 11.6 Å². The summed E-state index contributed by atoms with van der Waals surface area (Å²) >= 11 is 0. The van der Waals surface area contributed by atoms with Crippen LogP contribution in [0.1, 0.15) is 69.3 Å². The number of fused-ring (bicyclic) bond motifs is 1. The lowest BCUT2D eigenvalue weighted by atomic mass is 10.0. The highest BCUT2D eigenvalue weighted by molar-refractivity contribution is 5.72. The van der Waals surface area contributed by atoms with Crippen molar-refractivity contribution in [2.75, 3.05) is 5.32 Å². The summed E-state index contributed by atoms with van der Waals surface area (Å²) in [5.74, 6) is 1.63. The average Bonchev–Trinajstić information content (AvgIpc) is 3.17. The first-order valence-corrected chi connectivity index (χ1v) is 10.8. The summed E-state index contributed by atoms with van der Waals surface area (Å²) in [4.78, 5) is 16.5. The van der Waals surface area contributed by atoms with E-state index >= 15 is 0 Å². The van der Waals surface area contributed by atoms with Crippen LogP contribution in [0.2, 0.25) is 0 Å². The van der Waals surface area contributed by atoms with E-state index < -0.39 is 0 Å². The lowest BCUT2D eigenvalue weighted by Crippen LogP contribution is -2.36. The molecule has 164 valence electrons. The zero-order chi connectivity index (χ0) is 21.6. The van der Waals surface area contributed by atoms with E-state index in [0.717, 1.165) is 49.0 Å². The molecular weight excluding hydrogens is 396 g/mol. The molecule has 1 unspecified atom stereocenters. The highest BCUT2D eigenvalue weighted by Gasteiger charge is 2.40. The molecule has 10 nitrogen and oxygen atoms in total. The molecule has 1 amide bonds. The third-order valence-corrected chi connectivity index (χ3v) is 6.22. The van der Waals surface area contributed by atoms with Crippen LogP contribution >= 0.6 is 0 Å². The molecule has 5 rings (SSSR count). The van der Waals surface area contributed by atoms with E-state index in [-0.39, 0.29) is 29.7 Å². The van der Waals surface area contributed by atoms with Gasteiger partial charge in [-0.05, 0) is 52.0 Å². The summed E-state index contributed by atoms with van der Waals surface area (Å²) in [5, 5.41) is 18.2. The standard InChI is InChI=1S/C21H28N8O2/c1-12(22)15-10-17-19(23-7-8-29(17)28-15)24-18-11-16(26-27-18)13-3-4-14(9-13)31-20(30)25-21(2)5-6-21/h7-8,10-14H,3-6,9,22H2,1-2H3,(H,25,30)(H2,23,24,26,27)/t12?,13-,14+/m0/s1. The number of aromatic nitrogens is 5. The molecule has 0 spiro atoms. The van der Waals surface area contributed by atoms with Gasteiger partial charge in [-0.15, -0.1) is 0 Å². The summed E-state index contributed by atoms with van der Waals surface area (Å²) < 4.78 is 7.38. The molecule has 0 aliphatic heterocycles. The quantitative estimate of drug-likeness (QED) is 0.477. The van der Waals surface area contributed by atoms with Crippen LogP contribution in [0.4, 0.5) is 16.4 Å². The van der Waals surface area contributed by atoms with Gasteiger partial charge in [0.25, 0.3) is 0 Å². The maximum absolute atomic E-state index is 12.1. The Morgan fingerprint density at radius 3 is 3.00 bits per heavy atom. The van der Waals surface area contributed by atoms with Crippen LogP contribution < -0.4 is 16.4 Å². The Hall–Kier alpha value is -3.14. The fourth-order valence-corrected chi connectivity index (χ4v) is 4.06. The van der Waals surface area contributed by atoms with E-state index in [9.17, 15) is 4.79 Å². The second-order valence-corrected chi connectivity index (χ2v) is 9.02. The first kappa shape index (κ1) is 19.8. The number of nitrogens with one attached hydrogen (secondary N) is 3. The number of hydrogen-bond donors (Lipinski definition) is 4. The molecule has 2 aliphatic carbocycles. The Labute approximate surface area is 179 Å². The van der Waals surface area contributed by atoms with Crippen molar-refractivity contribution in [2.45, 2.75) is 69.6 Å². The minimum Gasteiger partial charge on any atom is -0.446 e. The number of aromatic amines is 1. The SMILES string of the molecule is CC(N)c1cc2c(Nc3cc([C@H]4CC[C@@H](OC(=O)NC5(C)CC5)C4)[nH]n3)nccn2n1. The molecule has 3 aromatic heterocycles. The van der Waals surface area contributed by atoms with Crippen molar-refractivity contribution in [3.8, 4) is 0 Å². The molecule has 5 N–H and O–H groups in total. The van der Waals surface area contributed by atoms with Crippen molar-refractivity contribution in [3.63, 3.8) is 0 Å². The summed E-state index contributed by atoms with van der Waals surface area (Å²) in [5.41, 5.74) is 8.56. The number of nitrogens with two attached hydrogens (primary N) is 1. The minimum atomic E-state index is -0.302. The first-order chi connectivity index (χ1) is 14.9. The van der Waals surface area contributed by atoms with Gasteiger partial charge in [0.1, 0.15) is 11.6 Å². The second kappa shape index (κ2) is 7.52. The molecule has 3 heterocycles. The van der Waals surface area contributed by atoms with E-state index in [4.69, 9.17) is 10.5 Å². The summed E-state index contributed by atoms with van der Waals surface area (Å²) in [6.45, 7) is 3.94. The van der Waals surface area contributed by atoms with E-state index in [2.05, 4.69) is 30.9 Å². The van der Waals surface area contributed by atoms with Crippen LogP contribution in [0.5, 0.6) is 0 Å². The maximum atomic E-state index is 12.1. The predicted octanol–water partition coefficient (Wildman–Crippen LogP) is 3.13.